The number of benzene rings is 1. The molecule has 6 nitrogen and oxygen atoms in total. The van der Waals surface area contributed by atoms with Crippen molar-refractivity contribution in [1.82, 2.24) is 0 Å². The number of nitrogen functional groups attached to an aromatic ring is 1. The molecule has 0 aromatic heterocycles. The first kappa shape index (κ1) is 15.3. The van der Waals surface area contributed by atoms with Crippen LogP contribution in [0.15, 0.2) is 18.2 Å². The number of carbonyl (C=O) groups excluding carboxylic acids is 1. The Morgan fingerprint density at radius 3 is 2.63 bits per heavy atom. The third-order valence-electron chi connectivity index (χ3n) is 2.28. The van der Waals surface area contributed by atoms with E-state index >= 15 is 0 Å². The number of nitrogens with two attached hydrogens (primary N) is 1. The Labute approximate surface area is 112 Å². The second-order valence-electron chi connectivity index (χ2n) is 3.72. The number of ether oxygens (including phenoxy) is 3. The van der Waals surface area contributed by atoms with Crippen molar-refractivity contribution in [2.24, 2.45) is 0 Å². The minimum absolute atomic E-state index is 0.0503. The second kappa shape index (κ2) is 8.34. The molecule has 0 fully saturated rings. The molecule has 0 spiro atoms. The highest BCUT2D eigenvalue weighted by Crippen LogP contribution is 2.20. The molecule has 0 saturated carbocycles. The van der Waals surface area contributed by atoms with Crippen LogP contribution in [0.5, 0.6) is 5.75 Å². The monoisotopic (exact) mass is 269 g/mol. The third-order valence-corrected chi connectivity index (χ3v) is 2.28. The van der Waals surface area contributed by atoms with Crippen LogP contribution in [-0.4, -0.2) is 44.1 Å². The minimum Gasteiger partial charge on any atom is -0.507 e. The normalized spacial score (nSPS) is 10.4. The molecule has 0 heterocycles. The van der Waals surface area contributed by atoms with Crippen LogP contribution < -0.4 is 5.73 Å². The fraction of sp³-hybridized carbons (Fsp3) is 0.462. The van der Waals surface area contributed by atoms with Crippen molar-refractivity contribution in [1.29, 1.82) is 0 Å². The van der Waals surface area contributed by atoms with Crippen molar-refractivity contribution >= 4 is 11.7 Å². The topological polar surface area (TPSA) is 91.0 Å². The van der Waals surface area contributed by atoms with Gasteiger partial charge in [0.05, 0.1) is 19.8 Å². The summed E-state index contributed by atoms with van der Waals surface area (Å²) in [7, 11) is 0. The summed E-state index contributed by atoms with van der Waals surface area (Å²) in [5, 5.41) is 9.50. The fourth-order valence-corrected chi connectivity index (χ4v) is 1.35. The third kappa shape index (κ3) is 5.58. The van der Waals surface area contributed by atoms with Crippen LogP contribution in [0, 0.1) is 0 Å². The first-order valence-electron chi connectivity index (χ1n) is 6.06. The number of phenols is 1. The second-order valence-corrected chi connectivity index (χ2v) is 3.72. The zero-order valence-corrected chi connectivity index (χ0v) is 10.9. The zero-order chi connectivity index (χ0) is 14.1. The summed E-state index contributed by atoms with van der Waals surface area (Å²) >= 11 is 0. The molecule has 0 atom stereocenters. The van der Waals surface area contributed by atoms with E-state index in [0.717, 1.165) is 0 Å². The predicted octanol–water partition coefficient (Wildman–Crippen LogP) is 1.18. The van der Waals surface area contributed by atoms with Gasteiger partial charge in [0, 0.05) is 12.3 Å². The van der Waals surface area contributed by atoms with Crippen LogP contribution in [0.3, 0.4) is 0 Å². The molecule has 1 aromatic rings. The van der Waals surface area contributed by atoms with E-state index in [4.69, 9.17) is 19.9 Å². The lowest BCUT2D eigenvalue weighted by molar-refractivity contribution is 0.0162. The van der Waals surface area contributed by atoms with Crippen molar-refractivity contribution in [3.05, 3.63) is 23.8 Å². The van der Waals surface area contributed by atoms with Crippen LogP contribution in [0.25, 0.3) is 0 Å². The van der Waals surface area contributed by atoms with E-state index in [9.17, 15) is 9.90 Å². The molecule has 1 rings (SSSR count). The molecular formula is C13H19NO5. The maximum Gasteiger partial charge on any atom is 0.342 e. The molecule has 0 bridgehead atoms. The Balaban J connectivity index is 2.26. The average molecular weight is 269 g/mol. The van der Waals surface area contributed by atoms with Crippen molar-refractivity contribution in [2.45, 2.75) is 6.92 Å². The van der Waals surface area contributed by atoms with Crippen LogP contribution in [0.1, 0.15) is 17.3 Å². The number of anilines is 1. The Morgan fingerprint density at radius 2 is 1.89 bits per heavy atom. The summed E-state index contributed by atoms with van der Waals surface area (Å²) in [5.74, 6) is -0.783. The van der Waals surface area contributed by atoms with Crippen molar-refractivity contribution < 1.29 is 24.1 Å². The van der Waals surface area contributed by atoms with Gasteiger partial charge in [-0.15, -0.1) is 0 Å². The molecule has 0 unspecified atom stereocenters. The van der Waals surface area contributed by atoms with E-state index in [-0.39, 0.29) is 24.5 Å². The predicted molar refractivity (Wildman–Crippen MR) is 70.1 cm³/mol. The van der Waals surface area contributed by atoms with Crippen molar-refractivity contribution in [2.75, 3.05) is 38.8 Å². The molecule has 0 aliphatic heterocycles. The molecule has 6 heteroatoms. The lowest BCUT2D eigenvalue weighted by Gasteiger charge is -2.07. The van der Waals surface area contributed by atoms with Gasteiger partial charge in [-0.3, -0.25) is 0 Å². The molecule has 19 heavy (non-hydrogen) atoms. The number of aromatic hydroxyl groups is 1. The molecule has 106 valence electrons. The number of rotatable bonds is 8. The quantitative estimate of drug-likeness (QED) is 0.319. The van der Waals surface area contributed by atoms with Gasteiger partial charge in [-0.2, -0.15) is 0 Å². The zero-order valence-electron chi connectivity index (χ0n) is 10.9. The molecule has 0 saturated heterocycles. The Bertz CT molecular complexity index is 408. The van der Waals surface area contributed by atoms with Crippen LogP contribution in [-0.2, 0) is 14.2 Å². The Hall–Kier alpha value is -1.79. The van der Waals surface area contributed by atoms with Gasteiger partial charge >= 0.3 is 5.97 Å². The van der Waals surface area contributed by atoms with Gasteiger partial charge in [0.2, 0.25) is 0 Å². The Kier molecular flexibility index (Phi) is 6.70. The number of esters is 1. The van der Waals surface area contributed by atoms with Gasteiger partial charge in [0.1, 0.15) is 17.9 Å². The van der Waals surface area contributed by atoms with Gasteiger partial charge in [-0.05, 0) is 25.1 Å². The molecular weight excluding hydrogens is 250 g/mol. The number of phenolic OH excluding ortho intramolecular Hbond substituents is 1. The highest BCUT2D eigenvalue weighted by molar-refractivity contribution is 5.93. The van der Waals surface area contributed by atoms with Gasteiger partial charge in [-0.1, -0.05) is 0 Å². The van der Waals surface area contributed by atoms with E-state index in [1.807, 2.05) is 6.92 Å². The van der Waals surface area contributed by atoms with Gasteiger partial charge in [0.15, 0.2) is 0 Å². The summed E-state index contributed by atoms with van der Waals surface area (Å²) in [5.41, 5.74) is 5.97. The first-order chi connectivity index (χ1) is 9.15. The summed E-state index contributed by atoms with van der Waals surface area (Å²) in [6, 6.07) is 4.22. The molecule has 0 aliphatic rings. The van der Waals surface area contributed by atoms with E-state index in [1.165, 1.54) is 18.2 Å². The van der Waals surface area contributed by atoms with E-state index < -0.39 is 5.97 Å². The maximum absolute atomic E-state index is 11.6. The van der Waals surface area contributed by atoms with Crippen molar-refractivity contribution in [3.8, 4) is 5.75 Å². The van der Waals surface area contributed by atoms with Crippen LogP contribution in [0.4, 0.5) is 5.69 Å². The minimum atomic E-state index is -0.627. The molecule has 1 aromatic carbocycles. The summed E-state index contributed by atoms with van der Waals surface area (Å²) in [6.07, 6.45) is 0. The molecule has 3 N–H and O–H groups in total. The molecule has 0 amide bonds. The van der Waals surface area contributed by atoms with Crippen LogP contribution in [0.2, 0.25) is 0 Å². The molecule has 0 aliphatic carbocycles. The SMILES string of the molecule is CCOCCOCCOC(=O)c1cc(N)ccc1O. The number of hydrogen-bond donors (Lipinski definition) is 2. The first-order valence-corrected chi connectivity index (χ1v) is 6.06. The summed E-state index contributed by atoms with van der Waals surface area (Å²) in [4.78, 5) is 11.6. The van der Waals surface area contributed by atoms with E-state index in [2.05, 4.69) is 0 Å². The fourth-order valence-electron chi connectivity index (χ4n) is 1.35. The lowest BCUT2D eigenvalue weighted by Crippen LogP contribution is -2.13. The maximum atomic E-state index is 11.6. The van der Waals surface area contributed by atoms with Crippen molar-refractivity contribution in [3.63, 3.8) is 0 Å². The smallest absolute Gasteiger partial charge is 0.342 e. The van der Waals surface area contributed by atoms with E-state index in [1.54, 1.807) is 0 Å². The van der Waals surface area contributed by atoms with Crippen LogP contribution >= 0.6 is 0 Å². The molecule has 0 radical (unpaired) electrons. The van der Waals surface area contributed by atoms with Gasteiger partial charge < -0.3 is 25.1 Å². The van der Waals surface area contributed by atoms with Gasteiger partial charge in [-0.25, -0.2) is 4.79 Å². The Morgan fingerprint density at radius 1 is 1.21 bits per heavy atom. The summed E-state index contributed by atoms with van der Waals surface area (Å²) in [6.45, 7) is 3.91. The summed E-state index contributed by atoms with van der Waals surface area (Å²) < 4.78 is 15.2. The number of hydrogen-bond acceptors (Lipinski definition) is 6. The average Bonchev–Trinajstić information content (AvgIpc) is 2.40. The highest BCUT2D eigenvalue weighted by Gasteiger charge is 2.12. The lowest BCUT2D eigenvalue weighted by atomic mass is 10.2. The standard InChI is InChI=1S/C13H19NO5/c1-2-17-5-6-18-7-8-19-13(16)11-9-10(14)3-4-12(11)15/h3-4,9,15H,2,5-8,14H2,1H3. The number of carbonyl (C=O) groups is 1. The largest absolute Gasteiger partial charge is 0.507 e. The van der Waals surface area contributed by atoms with E-state index in [0.29, 0.717) is 25.5 Å². The highest BCUT2D eigenvalue weighted by atomic mass is 16.6. The van der Waals surface area contributed by atoms with Gasteiger partial charge in [0.25, 0.3) is 0 Å².